The zero-order valence-corrected chi connectivity index (χ0v) is 22.5. The number of carbonyl (C=O) groups is 2. The lowest BCUT2D eigenvalue weighted by molar-refractivity contribution is 0.0940. The van der Waals surface area contributed by atoms with Crippen LogP contribution in [0.1, 0.15) is 32.0 Å². The molecule has 4 aromatic heterocycles. The number of benzene rings is 2. The van der Waals surface area contributed by atoms with Gasteiger partial charge in [0.05, 0.1) is 11.3 Å². The Balaban J connectivity index is 1.22. The monoisotopic (exact) mass is 553 g/mol. The lowest BCUT2D eigenvalue weighted by Gasteiger charge is -2.10. The molecule has 0 fully saturated rings. The predicted molar refractivity (Wildman–Crippen MR) is 162 cm³/mol. The van der Waals surface area contributed by atoms with Crippen molar-refractivity contribution in [3.05, 3.63) is 132 Å². The van der Waals surface area contributed by atoms with Gasteiger partial charge in [-0.15, -0.1) is 0 Å². The van der Waals surface area contributed by atoms with E-state index in [2.05, 4.69) is 30.6 Å². The number of pyridine rings is 3. The molecule has 206 valence electrons. The molecule has 2 aromatic carbocycles. The number of aromatic nitrogens is 4. The van der Waals surface area contributed by atoms with Crippen molar-refractivity contribution >= 4 is 28.7 Å². The Bertz CT molecular complexity index is 1870. The number of nitrogens with zero attached hydrogens (tertiary/aromatic N) is 3. The second-order valence-electron chi connectivity index (χ2n) is 9.73. The summed E-state index contributed by atoms with van der Waals surface area (Å²) in [7, 11) is 0. The summed E-state index contributed by atoms with van der Waals surface area (Å²) in [6, 6.07) is 28.4. The van der Waals surface area contributed by atoms with Crippen molar-refractivity contribution in [3.63, 3.8) is 0 Å². The zero-order valence-electron chi connectivity index (χ0n) is 22.5. The maximum Gasteiger partial charge on any atom is 0.268 e. The van der Waals surface area contributed by atoms with Crippen molar-refractivity contribution in [2.75, 3.05) is 5.73 Å². The molecule has 9 nitrogen and oxygen atoms in total. The molecule has 0 saturated carbocycles. The van der Waals surface area contributed by atoms with Crippen LogP contribution in [-0.4, -0.2) is 31.8 Å². The number of nitrogen functional groups attached to an aromatic ring is 1. The number of H-pyrrole nitrogens is 1. The second kappa shape index (κ2) is 11.7. The maximum atomic E-state index is 12.9. The molecule has 0 aliphatic heterocycles. The highest BCUT2D eigenvalue weighted by Gasteiger charge is 2.16. The molecule has 4 heterocycles. The van der Waals surface area contributed by atoms with Crippen LogP contribution in [0.3, 0.4) is 0 Å². The van der Waals surface area contributed by atoms with Crippen LogP contribution in [0.5, 0.6) is 0 Å². The number of fused-ring (bicyclic) bond motifs is 1. The number of rotatable bonds is 8. The van der Waals surface area contributed by atoms with Gasteiger partial charge in [-0.05, 0) is 47.0 Å². The molecule has 0 radical (unpaired) electrons. The predicted octanol–water partition coefficient (Wildman–Crippen LogP) is 5.13. The Labute approximate surface area is 241 Å². The number of aromatic amines is 1. The van der Waals surface area contributed by atoms with Crippen molar-refractivity contribution in [3.8, 4) is 22.4 Å². The Hall–Kier alpha value is -5.83. The molecule has 0 bridgehead atoms. The van der Waals surface area contributed by atoms with E-state index in [0.717, 1.165) is 27.6 Å². The molecular formula is C33H27N7O2. The van der Waals surface area contributed by atoms with Gasteiger partial charge in [-0.25, -0.2) is 9.97 Å². The minimum atomic E-state index is -0.226. The average molecular weight is 554 g/mol. The summed E-state index contributed by atoms with van der Waals surface area (Å²) in [6.07, 6.45) is 4.89. The summed E-state index contributed by atoms with van der Waals surface area (Å²) in [4.78, 5) is 42.0. The number of nitrogens with one attached hydrogen (secondary N) is 3. The second-order valence-corrected chi connectivity index (χ2v) is 9.73. The minimum absolute atomic E-state index is 0.215. The van der Waals surface area contributed by atoms with Crippen LogP contribution >= 0.6 is 0 Å². The van der Waals surface area contributed by atoms with Gasteiger partial charge >= 0.3 is 0 Å². The Morgan fingerprint density at radius 3 is 2.07 bits per heavy atom. The van der Waals surface area contributed by atoms with Gasteiger partial charge in [0.15, 0.2) is 0 Å². The first kappa shape index (κ1) is 26.4. The third kappa shape index (κ3) is 5.71. The van der Waals surface area contributed by atoms with Crippen LogP contribution in [0.4, 0.5) is 5.82 Å². The summed E-state index contributed by atoms with van der Waals surface area (Å²) in [5, 5.41) is 6.62. The fourth-order valence-corrected chi connectivity index (χ4v) is 4.67. The number of hydrogen-bond acceptors (Lipinski definition) is 6. The van der Waals surface area contributed by atoms with E-state index in [0.29, 0.717) is 47.1 Å². The van der Waals surface area contributed by atoms with Gasteiger partial charge in [0, 0.05) is 48.2 Å². The molecule has 0 aliphatic rings. The lowest BCUT2D eigenvalue weighted by Crippen LogP contribution is -2.22. The highest BCUT2D eigenvalue weighted by Crippen LogP contribution is 2.32. The van der Waals surface area contributed by atoms with Crippen molar-refractivity contribution in [2.24, 2.45) is 0 Å². The van der Waals surface area contributed by atoms with Crippen molar-refractivity contribution < 1.29 is 9.59 Å². The average Bonchev–Trinajstić information content (AvgIpc) is 3.49. The molecule has 9 heteroatoms. The van der Waals surface area contributed by atoms with Crippen LogP contribution in [0, 0.1) is 0 Å². The first-order valence-electron chi connectivity index (χ1n) is 13.4. The smallest absolute Gasteiger partial charge is 0.268 e. The number of hydrogen-bond donors (Lipinski definition) is 4. The van der Waals surface area contributed by atoms with E-state index >= 15 is 0 Å². The fraction of sp³-hybridized carbons (Fsp3) is 0.0606. The fourth-order valence-electron chi connectivity index (χ4n) is 4.67. The van der Waals surface area contributed by atoms with Gasteiger partial charge in [-0.1, -0.05) is 60.7 Å². The summed E-state index contributed by atoms with van der Waals surface area (Å²) in [5.74, 6) is -0.128. The van der Waals surface area contributed by atoms with Crippen LogP contribution in [0.25, 0.3) is 33.4 Å². The van der Waals surface area contributed by atoms with Crippen LogP contribution < -0.4 is 16.4 Å². The molecule has 6 aromatic rings. The Kier molecular flexibility index (Phi) is 7.37. The lowest BCUT2D eigenvalue weighted by atomic mass is 10.0. The summed E-state index contributed by atoms with van der Waals surface area (Å²) in [5.41, 5.74) is 12.5. The third-order valence-electron chi connectivity index (χ3n) is 6.90. The number of carbonyl (C=O) groups excluding carboxylic acids is 2. The topological polar surface area (TPSA) is 139 Å². The van der Waals surface area contributed by atoms with E-state index in [4.69, 9.17) is 5.73 Å². The normalized spacial score (nSPS) is 10.9. The van der Waals surface area contributed by atoms with Crippen molar-refractivity contribution in [2.45, 2.75) is 13.1 Å². The summed E-state index contributed by atoms with van der Waals surface area (Å²) < 4.78 is 0. The van der Waals surface area contributed by atoms with Crippen molar-refractivity contribution in [1.29, 1.82) is 0 Å². The first-order valence-corrected chi connectivity index (χ1v) is 13.4. The number of amides is 2. The molecule has 0 atom stereocenters. The Morgan fingerprint density at radius 1 is 0.714 bits per heavy atom. The number of anilines is 1. The zero-order chi connectivity index (χ0) is 28.9. The molecule has 6 rings (SSSR count). The highest BCUT2D eigenvalue weighted by atomic mass is 16.2. The van der Waals surface area contributed by atoms with Crippen LogP contribution in [0.15, 0.2) is 110 Å². The van der Waals surface area contributed by atoms with E-state index in [1.54, 1.807) is 30.6 Å². The summed E-state index contributed by atoms with van der Waals surface area (Å²) in [6.45, 7) is 0.845. The van der Waals surface area contributed by atoms with Gasteiger partial charge in [0.1, 0.15) is 17.2 Å². The molecular weight excluding hydrogens is 526 g/mol. The van der Waals surface area contributed by atoms with Gasteiger partial charge in [0.25, 0.3) is 11.8 Å². The largest absolute Gasteiger partial charge is 0.383 e. The maximum absolute atomic E-state index is 12.9. The molecule has 0 spiro atoms. The first-order chi connectivity index (χ1) is 20.5. The molecule has 0 aliphatic carbocycles. The van der Waals surface area contributed by atoms with E-state index in [-0.39, 0.29) is 11.8 Å². The molecule has 42 heavy (non-hydrogen) atoms. The van der Waals surface area contributed by atoms with Gasteiger partial charge < -0.3 is 21.4 Å². The minimum Gasteiger partial charge on any atom is -0.383 e. The van der Waals surface area contributed by atoms with Crippen LogP contribution in [-0.2, 0) is 13.1 Å². The highest BCUT2D eigenvalue weighted by molar-refractivity contribution is 6.02. The van der Waals surface area contributed by atoms with Gasteiger partial charge in [-0.2, -0.15) is 0 Å². The van der Waals surface area contributed by atoms with Crippen LogP contribution in [0.2, 0.25) is 0 Å². The van der Waals surface area contributed by atoms with E-state index < -0.39 is 0 Å². The van der Waals surface area contributed by atoms with E-state index in [1.807, 2.05) is 72.8 Å². The Morgan fingerprint density at radius 2 is 1.40 bits per heavy atom. The third-order valence-corrected chi connectivity index (χ3v) is 6.90. The van der Waals surface area contributed by atoms with E-state index in [9.17, 15) is 9.59 Å². The molecule has 0 saturated heterocycles. The SMILES string of the molecule is Nc1ncc(-c2ccnc3[nH]c(C(=O)NCc4ccccc4)cc23)cc1-c1ccc(C(=O)NCc2ccccc2)cn1. The van der Waals surface area contributed by atoms with E-state index in [1.165, 1.54) is 6.20 Å². The molecule has 2 amide bonds. The van der Waals surface area contributed by atoms with Crippen molar-refractivity contribution in [1.82, 2.24) is 30.6 Å². The quantitative estimate of drug-likeness (QED) is 0.206. The van der Waals surface area contributed by atoms with Gasteiger partial charge in [0.2, 0.25) is 0 Å². The molecule has 5 N–H and O–H groups in total. The number of nitrogens with two attached hydrogens (primary N) is 1. The summed E-state index contributed by atoms with van der Waals surface area (Å²) >= 11 is 0. The van der Waals surface area contributed by atoms with Gasteiger partial charge in [-0.3, -0.25) is 14.6 Å². The molecule has 0 unspecified atom stereocenters. The standard InChI is InChI=1S/C33H27N7O2/c34-30-27(28-12-11-23(19-36-28)32(41)38-17-21-7-3-1-4-8-21)15-24(20-37-30)25-13-14-35-31-26(25)16-29(40-31)33(42)39-18-22-9-5-2-6-10-22/h1-16,19-20H,17-18H2,(H2,34,37)(H,35,40)(H,38,41)(H,39,42).